The lowest BCUT2D eigenvalue weighted by Gasteiger charge is -2.07. The standard InChI is InChI=1S/C19H18N6O/c1-14-23-19(26-24-14)17-8-5-9-20-18(17)21-10-16-11-22-25(13-16)12-15-6-3-2-4-7-15/h2-9,11,13H,10,12H2,1H3,(H,20,21). The van der Waals surface area contributed by atoms with Crippen LogP contribution >= 0.6 is 0 Å². The second-order valence-corrected chi connectivity index (χ2v) is 5.93. The summed E-state index contributed by atoms with van der Waals surface area (Å²) >= 11 is 0. The van der Waals surface area contributed by atoms with Crippen LogP contribution in [-0.4, -0.2) is 24.9 Å². The summed E-state index contributed by atoms with van der Waals surface area (Å²) in [6, 6.07) is 14.0. The Bertz CT molecular complexity index is 992. The van der Waals surface area contributed by atoms with Crippen molar-refractivity contribution >= 4 is 5.82 Å². The molecular weight excluding hydrogens is 328 g/mol. The first kappa shape index (κ1) is 16.0. The summed E-state index contributed by atoms with van der Waals surface area (Å²) < 4.78 is 7.18. The summed E-state index contributed by atoms with van der Waals surface area (Å²) in [5.41, 5.74) is 3.07. The van der Waals surface area contributed by atoms with Crippen molar-refractivity contribution in [3.8, 4) is 11.5 Å². The van der Waals surface area contributed by atoms with Gasteiger partial charge in [-0.2, -0.15) is 10.1 Å². The Balaban J connectivity index is 1.45. The van der Waals surface area contributed by atoms with Crippen LogP contribution in [0.2, 0.25) is 0 Å². The molecule has 1 aromatic carbocycles. The van der Waals surface area contributed by atoms with E-state index in [1.807, 2.05) is 47.4 Å². The molecule has 3 heterocycles. The van der Waals surface area contributed by atoms with Crippen molar-refractivity contribution in [2.45, 2.75) is 20.0 Å². The van der Waals surface area contributed by atoms with E-state index in [1.165, 1.54) is 5.56 Å². The molecule has 130 valence electrons. The smallest absolute Gasteiger partial charge is 0.261 e. The molecule has 0 unspecified atom stereocenters. The van der Waals surface area contributed by atoms with Gasteiger partial charge in [0.25, 0.3) is 5.89 Å². The summed E-state index contributed by atoms with van der Waals surface area (Å²) in [5.74, 6) is 1.75. The number of aromatic nitrogens is 5. The van der Waals surface area contributed by atoms with Gasteiger partial charge < -0.3 is 9.84 Å². The van der Waals surface area contributed by atoms with Crippen LogP contribution in [0.4, 0.5) is 5.82 Å². The molecule has 26 heavy (non-hydrogen) atoms. The van der Waals surface area contributed by atoms with Crippen molar-refractivity contribution in [3.63, 3.8) is 0 Å². The zero-order valence-electron chi connectivity index (χ0n) is 14.3. The molecule has 0 radical (unpaired) electrons. The summed E-state index contributed by atoms with van der Waals surface area (Å²) in [7, 11) is 0. The molecule has 0 amide bonds. The van der Waals surface area contributed by atoms with Gasteiger partial charge in [0.1, 0.15) is 5.82 Å². The van der Waals surface area contributed by atoms with E-state index >= 15 is 0 Å². The summed E-state index contributed by atoms with van der Waals surface area (Å²) in [6.45, 7) is 3.14. The highest BCUT2D eigenvalue weighted by molar-refractivity contribution is 5.68. The quantitative estimate of drug-likeness (QED) is 0.577. The van der Waals surface area contributed by atoms with Crippen molar-refractivity contribution in [1.29, 1.82) is 0 Å². The highest BCUT2D eigenvalue weighted by Crippen LogP contribution is 2.24. The number of rotatable bonds is 6. The number of benzene rings is 1. The van der Waals surface area contributed by atoms with Crippen LogP contribution < -0.4 is 5.32 Å². The molecule has 0 saturated heterocycles. The molecule has 0 spiro atoms. The first-order valence-electron chi connectivity index (χ1n) is 8.33. The van der Waals surface area contributed by atoms with E-state index < -0.39 is 0 Å². The topological polar surface area (TPSA) is 81.7 Å². The maximum Gasteiger partial charge on any atom is 0.261 e. The molecule has 0 aliphatic rings. The molecule has 0 saturated carbocycles. The van der Waals surface area contributed by atoms with Gasteiger partial charge in [0.2, 0.25) is 0 Å². The molecule has 0 bridgehead atoms. The number of hydrogen-bond donors (Lipinski definition) is 1. The van der Waals surface area contributed by atoms with Gasteiger partial charge in [-0.1, -0.05) is 35.5 Å². The van der Waals surface area contributed by atoms with Gasteiger partial charge >= 0.3 is 0 Å². The maximum atomic E-state index is 5.26. The van der Waals surface area contributed by atoms with E-state index in [4.69, 9.17) is 4.52 Å². The van der Waals surface area contributed by atoms with E-state index in [0.29, 0.717) is 24.1 Å². The molecule has 0 fully saturated rings. The van der Waals surface area contributed by atoms with Gasteiger partial charge in [0, 0.05) is 24.5 Å². The Morgan fingerprint density at radius 3 is 2.77 bits per heavy atom. The van der Waals surface area contributed by atoms with E-state index in [-0.39, 0.29) is 0 Å². The van der Waals surface area contributed by atoms with Crippen LogP contribution in [0.25, 0.3) is 11.5 Å². The van der Waals surface area contributed by atoms with Crippen molar-refractivity contribution in [2.75, 3.05) is 5.32 Å². The van der Waals surface area contributed by atoms with Gasteiger partial charge in [-0.25, -0.2) is 4.98 Å². The average molecular weight is 346 g/mol. The monoisotopic (exact) mass is 346 g/mol. The third-order valence-corrected chi connectivity index (χ3v) is 3.90. The Hall–Kier alpha value is -3.48. The zero-order valence-corrected chi connectivity index (χ0v) is 14.3. The summed E-state index contributed by atoms with van der Waals surface area (Å²) in [6.07, 6.45) is 5.61. The van der Waals surface area contributed by atoms with Gasteiger partial charge in [-0.15, -0.1) is 0 Å². The Labute approximate surface area is 150 Å². The van der Waals surface area contributed by atoms with E-state index in [2.05, 4.69) is 37.7 Å². The Kier molecular flexibility index (Phi) is 4.42. The fraction of sp³-hybridized carbons (Fsp3) is 0.158. The lowest BCUT2D eigenvalue weighted by molar-refractivity contribution is 0.425. The average Bonchev–Trinajstić information content (AvgIpc) is 3.30. The van der Waals surface area contributed by atoms with Crippen LogP contribution in [-0.2, 0) is 13.1 Å². The molecule has 7 nitrogen and oxygen atoms in total. The summed E-state index contributed by atoms with van der Waals surface area (Å²) in [5, 5.41) is 11.6. The second-order valence-electron chi connectivity index (χ2n) is 5.93. The van der Waals surface area contributed by atoms with E-state index in [9.17, 15) is 0 Å². The fourth-order valence-electron chi connectivity index (χ4n) is 2.67. The minimum Gasteiger partial charge on any atom is -0.365 e. The molecule has 7 heteroatoms. The number of nitrogens with one attached hydrogen (secondary N) is 1. The van der Waals surface area contributed by atoms with Crippen molar-refractivity contribution in [1.82, 2.24) is 24.9 Å². The number of nitrogens with zero attached hydrogens (tertiary/aromatic N) is 5. The van der Waals surface area contributed by atoms with Crippen molar-refractivity contribution < 1.29 is 4.52 Å². The predicted molar refractivity (Wildman–Crippen MR) is 97.4 cm³/mol. The van der Waals surface area contributed by atoms with E-state index in [1.54, 1.807) is 13.1 Å². The Morgan fingerprint density at radius 1 is 1.08 bits per heavy atom. The lowest BCUT2D eigenvalue weighted by atomic mass is 10.2. The molecule has 3 aromatic heterocycles. The van der Waals surface area contributed by atoms with Crippen LogP contribution in [0, 0.1) is 6.92 Å². The lowest BCUT2D eigenvalue weighted by Crippen LogP contribution is -2.03. The predicted octanol–water partition coefficient (Wildman–Crippen LogP) is 3.30. The fourth-order valence-corrected chi connectivity index (χ4v) is 2.67. The van der Waals surface area contributed by atoms with Crippen molar-refractivity contribution in [2.24, 2.45) is 0 Å². The third-order valence-electron chi connectivity index (χ3n) is 3.90. The first-order valence-corrected chi connectivity index (χ1v) is 8.33. The molecule has 4 aromatic rings. The number of pyridine rings is 1. The van der Waals surface area contributed by atoms with E-state index in [0.717, 1.165) is 17.7 Å². The van der Waals surface area contributed by atoms with Gasteiger partial charge in [-0.05, 0) is 24.6 Å². The normalized spacial score (nSPS) is 10.8. The molecule has 0 atom stereocenters. The first-order chi connectivity index (χ1) is 12.8. The summed E-state index contributed by atoms with van der Waals surface area (Å²) in [4.78, 5) is 8.66. The van der Waals surface area contributed by atoms with Crippen LogP contribution in [0.15, 0.2) is 65.6 Å². The largest absolute Gasteiger partial charge is 0.365 e. The maximum absolute atomic E-state index is 5.26. The van der Waals surface area contributed by atoms with Gasteiger partial charge in [0.15, 0.2) is 5.82 Å². The van der Waals surface area contributed by atoms with Crippen LogP contribution in [0.5, 0.6) is 0 Å². The van der Waals surface area contributed by atoms with Gasteiger partial charge in [-0.3, -0.25) is 4.68 Å². The Morgan fingerprint density at radius 2 is 1.96 bits per heavy atom. The van der Waals surface area contributed by atoms with Crippen LogP contribution in [0.3, 0.4) is 0 Å². The molecule has 0 aliphatic heterocycles. The number of anilines is 1. The second kappa shape index (κ2) is 7.18. The van der Waals surface area contributed by atoms with Gasteiger partial charge in [0.05, 0.1) is 18.3 Å². The molecule has 0 aliphatic carbocycles. The minimum absolute atomic E-state index is 0.456. The number of hydrogen-bond acceptors (Lipinski definition) is 6. The SMILES string of the molecule is Cc1noc(-c2cccnc2NCc2cnn(Cc3ccccc3)c2)n1. The minimum atomic E-state index is 0.456. The third kappa shape index (κ3) is 3.61. The van der Waals surface area contributed by atoms with Crippen molar-refractivity contribution in [3.05, 3.63) is 78.0 Å². The van der Waals surface area contributed by atoms with Crippen LogP contribution in [0.1, 0.15) is 17.0 Å². The zero-order chi connectivity index (χ0) is 17.8. The highest BCUT2D eigenvalue weighted by Gasteiger charge is 2.12. The number of aryl methyl sites for hydroxylation is 1. The molecule has 4 rings (SSSR count). The molecule has 1 N–H and O–H groups in total. The molecular formula is C19H18N6O. The highest BCUT2D eigenvalue weighted by atomic mass is 16.5.